The highest BCUT2D eigenvalue weighted by molar-refractivity contribution is 9.10. The molecule has 2 N–H and O–H groups in total. The number of nitrogens with two attached hydrogens (primary N) is 1. The zero-order valence-corrected chi connectivity index (χ0v) is 13.6. The van der Waals surface area contributed by atoms with Crippen molar-refractivity contribution in [2.75, 3.05) is 13.2 Å². The Kier molecular flexibility index (Phi) is 7.62. The predicted molar refractivity (Wildman–Crippen MR) is 82.9 cm³/mol. The van der Waals surface area contributed by atoms with Crippen LogP contribution >= 0.6 is 15.9 Å². The van der Waals surface area contributed by atoms with Crippen molar-refractivity contribution in [3.63, 3.8) is 0 Å². The molecule has 1 aromatic rings. The van der Waals surface area contributed by atoms with Gasteiger partial charge in [-0.05, 0) is 50.1 Å². The number of hydrogen-bond acceptors (Lipinski definition) is 4. The molecule has 0 saturated heterocycles. The number of ether oxygens (including phenoxy) is 2. The van der Waals surface area contributed by atoms with Gasteiger partial charge in [-0.15, -0.1) is 0 Å². The SMILES string of the molecule is CCCC(Oc1ccc(Br)cc1CCN)C(=O)OCC. The third kappa shape index (κ3) is 5.13. The lowest BCUT2D eigenvalue weighted by Crippen LogP contribution is -2.29. The Hall–Kier alpha value is -1.07. The molecule has 0 amide bonds. The first kappa shape index (κ1) is 17.0. The molecule has 4 nitrogen and oxygen atoms in total. The van der Waals surface area contributed by atoms with E-state index in [0.717, 1.165) is 16.5 Å². The molecule has 1 rings (SSSR count). The Morgan fingerprint density at radius 1 is 1.40 bits per heavy atom. The van der Waals surface area contributed by atoms with Crippen LogP contribution in [0.1, 0.15) is 32.3 Å². The Balaban J connectivity index is 2.89. The predicted octanol–water partition coefficient (Wildman–Crippen LogP) is 3.06. The Bertz CT molecular complexity index is 437. The summed E-state index contributed by atoms with van der Waals surface area (Å²) in [4.78, 5) is 11.9. The van der Waals surface area contributed by atoms with Gasteiger partial charge in [-0.1, -0.05) is 29.3 Å². The summed E-state index contributed by atoms with van der Waals surface area (Å²) >= 11 is 3.43. The smallest absolute Gasteiger partial charge is 0.347 e. The number of carbonyl (C=O) groups is 1. The van der Waals surface area contributed by atoms with E-state index >= 15 is 0 Å². The molecule has 0 spiro atoms. The summed E-state index contributed by atoms with van der Waals surface area (Å²) in [5, 5.41) is 0. The van der Waals surface area contributed by atoms with Crippen LogP contribution in [-0.4, -0.2) is 25.2 Å². The highest BCUT2D eigenvalue weighted by atomic mass is 79.9. The standard InChI is InChI=1S/C15H22BrNO3/c1-3-5-14(15(18)19-4-2)20-13-7-6-12(16)10-11(13)8-9-17/h6-7,10,14H,3-5,8-9,17H2,1-2H3. The molecule has 0 aromatic heterocycles. The molecule has 0 bridgehead atoms. The highest BCUT2D eigenvalue weighted by Crippen LogP contribution is 2.25. The van der Waals surface area contributed by atoms with Gasteiger partial charge < -0.3 is 15.2 Å². The van der Waals surface area contributed by atoms with Crippen molar-refractivity contribution < 1.29 is 14.3 Å². The summed E-state index contributed by atoms with van der Waals surface area (Å²) in [6, 6.07) is 5.72. The molecule has 112 valence electrons. The Morgan fingerprint density at radius 2 is 2.15 bits per heavy atom. The fraction of sp³-hybridized carbons (Fsp3) is 0.533. The third-order valence-electron chi connectivity index (χ3n) is 2.81. The first-order valence-electron chi connectivity index (χ1n) is 6.94. The van der Waals surface area contributed by atoms with E-state index in [1.165, 1.54) is 0 Å². The Labute approximate surface area is 128 Å². The molecule has 0 aliphatic heterocycles. The second-order valence-corrected chi connectivity index (χ2v) is 5.35. The minimum atomic E-state index is -0.558. The van der Waals surface area contributed by atoms with Crippen molar-refractivity contribution in [3.8, 4) is 5.75 Å². The van der Waals surface area contributed by atoms with Crippen LogP contribution in [-0.2, 0) is 16.0 Å². The lowest BCUT2D eigenvalue weighted by atomic mass is 10.1. The molecule has 1 unspecified atom stereocenters. The number of rotatable bonds is 8. The number of carbonyl (C=O) groups excluding carboxylic acids is 1. The number of halogens is 1. The maximum absolute atomic E-state index is 11.9. The molecule has 20 heavy (non-hydrogen) atoms. The van der Waals surface area contributed by atoms with Crippen LogP contribution in [0.4, 0.5) is 0 Å². The van der Waals surface area contributed by atoms with Gasteiger partial charge in [0.15, 0.2) is 6.10 Å². The summed E-state index contributed by atoms with van der Waals surface area (Å²) < 4.78 is 11.9. The van der Waals surface area contributed by atoms with E-state index < -0.39 is 6.10 Å². The van der Waals surface area contributed by atoms with Crippen LogP contribution in [0, 0.1) is 0 Å². The molecule has 5 heteroatoms. The van der Waals surface area contributed by atoms with E-state index in [1.54, 1.807) is 6.92 Å². The van der Waals surface area contributed by atoms with Crippen molar-refractivity contribution >= 4 is 21.9 Å². The molecule has 0 aliphatic carbocycles. The third-order valence-corrected chi connectivity index (χ3v) is 3.30. The van der Waals surface area contributed by atoms with Crippen LogP contribution in [0.15, 0.2) is 22.7 Å². The van der Waals surface area contributed by atoms with E-state index in [-0.39, 0.29) is 5.97 Å². The van der Waals surface area contributed by atoms with Gasteiger partial charge in [-0.3, -0.25) is 0 Å². The first-order valence-corrected chi connectivity index (χ1v) is 7.73. The van der Waals surface area contributed by atoms with Crippen molar-refractivity contribution in [1.29, 1.82) is 0 Å². The van der Waals surface area contributed by atoms with E-state index in [0.29, 0.717) is 31.7 Å². The quantitative estimate of drug-likeness (QED) is 0.737. The summed E-state index contributed by atoms with van der Waals surface area (Å²) in [6.07, 6.45) is 1.64. The fourth-order valence-corrected chi connectivity index (χ4v) is 2.30. The van der Waals surface area contributed by atoms with E-state index in [1.807, 2.05) is 25.1 Å². The second kappa shape index (κ2) is 8.97. The maximum Gasteiger partial charge on any atom is 0.347 e. The average Bonchev–Trinajstić information content (AvgIpc) is 2.41. The zero-order chi connectivity index (χ0) is 15.0. The van der Waals surface area contributed by atoms with Gasteiger partial charge in [0.25, 0.3) is 0 Å². The van der Waals surface area contributed by atoms with Crippen LogP contribution in [0.3, 0.4) is 0 Å². The van der Waals surface area contributed by atoms with Gasteiger partial charge in [-0.2, -0.15) is 0 Å². The normalized spacial score (nSPS) is 12.0. The van der Waals surface area contributed by atoms with Crippen molar-refractivity contribution in [2.45, 2.75) is 39.2 Å². The molecular formula is C15H22BrNO3. The number of hydrogen-bond donors (Lipinski definition) is 1. The van der Waals surface area contributed by atoms with Crippen molar-refractivity contribution in [3.05, 3.63) is 28.2 Å². The van der Waals surface area contributed by atoms with Gasteiger partial charge in [0.1, 0.15) is 5.75 Å². The van der Waals surface area contributed by atoms with Crippen LogP contribution in [0.5, 0.6) is 5.75 Å². The van der Waals surface area contributed by atoms with Crippen molar-refractivity contribution in [2.24, 2.45) is 5.73 Å². The minimum absolute atomic E-state index is 0.309. The van der Waals surface area contributed by atoms with Crippen LogP contribution in [0.2, 0.25) is 0 Å². The summed E-state index contributed by atoms with van der Waals surface area (Å²) in [5.74, 6) is 0.390. The van der Waals surface area contributed by atoms with Gasteiger partial charge >= 0.3 is 5.97 Å². The molecule has 0 fully saturated rings. The largest absolute Gasteiger partial charge is 0.478 e. The number of benzene rings is 1. The topological polar surface area (TPSA) is 61.5 Å². The minimum Gasteiger partial charge on any atom is -0.478 e. The van der Waals surface area contributed by atoms with Crippen LogP contribution in [0.25, 0.3) is 0 Å². The maximum atomic E-state index is 11.9. The zero-order valence-electron chi connectivity index (χ0n) is 12.0. The lowest BCUT2D eigenvalue weighted by molar-refractivity contribution is -0.151. The first-order chi connectivity index (χ1) is 9.62. The highest BCUT2D eigenvalue weighted by Gasteiger charge is 2.21. The molecule has 0 radical (unpaired) electrons. The monoisotopic (exact) mass is 343 g/mol. The average molecular weight is 344 g/mol. The second-order valence-electron chi connectivity index (χ2n) is 4.44. The van der Waals surface area contributed by atoms with Crippen LogP contribution < -0.4 is 10.5 Å². The van der Waals surface area contributed by atoms with Gasteiger partial charge in [0.2, 0.25) is 0 Å². The van der Waals surface area contributed by atoms with E-state index in [4.69, 9.17) is 15.2 Å². The van der Waals surface area contributed by atoms with Crippen molar-refractivity contribution in [1.82, 2.24) is 0 Å². The summed E-state index contributed by atoms with van der Waals surface area (Å²) in [7, 11) is 0. The molecular weight excluding hydrogens is 322 g/mol. The summed E-state index contributed by atoms with van der Waals surface area (Å²) in [5.41, 5.74) is 6.61. The Morgan fingerprint density at radius 3 is 2.75 bits per heavy atom. The lowest BCUT2D eigenvalue weighted by Gasteiger charge is -2.19. The van der Waals surface area contributed by atoms with Gasteiger partial charge in [0, 0.05) is 4.47 Å². The molecule has 0 heterocycles. The summed E-state index contributed by atoms with van der Waals surface area (Å²) in [6.45, 7) is 4.70. The molecule has 1 atom stereocenters. The van der Waals surface area contributed by atoms with E-state index in [2.05, 4.69) is 15.9 Å². The molecule has 1 aromatic carbocycles. The fourth-order valence-electron chi connectivity index (χ4n) is 1.89. The van der Waals surface area contributed by atoms with Gasteiger partial charge in [0.05, 0.1) is 6.61 Å². The number of esters is 1. The van der Waals surface area contributed by atoms with Gasteiger partial charge in [-0.25, -0.2) is 4.79 Å². The molecule has 0 aliphatic rings. The van der Waals surface area contributed by atoms with E-state index in [9.17, 15) is 4.79 Å². The molecule has 0 saturated carbocycles.